The third-order valence-corrected chi connectivity index (χ3v) is 5.38. The highest BCUT2D eigenvalue weighted by atomic mass is 16.5. The second-order valence-electron chi connectivity index (χ2n) is 7.83. The van der Waals surface area contributed by atoms with E-state index >= 15 is 0 Å². The monoisotopic (exact) mass is 459 g/mol. The zero-order valence-corrected chi connectivity index (χ0v) is 18.6. The molecular weight excluding hydrogens is 434 g/mol. The van der Waals surface area contributed by atoms with Crippen LogP contribution in [0.3, 0.4) is 0 Å². The van der Waals surface area contributed by atoms with Crippen molar-refractivity contribution in [3.05, 3.63) is 78.0 Å². The van der Waals surface area contributed by atoms with Crippen molar-refractivity contribution in [2.45, 2.75) is 31.9 Å². The third kappa shape index (κ3) is 5.62. The summed E-state index contributed by atoms with van der Waals surface area (Å²) < 4.78 is 4.92. The molecule has 0 fully saturated rings. The molecular formula is C25H25N5O4. The number of aromatic nitrogens is 4. The van der Waals surface area contributed by atoms with Gasteiger partial charge in [0.25, 0.3) is 5.91 Å². The summed E-state index contributed by atoms with van der Waals surface area (Å²) in [6.07, 6.45) is 0.472. The second kappa shape index (κ2) is 10.7. The average Bonchev–Trinajstić information content (AvgIpc) is 3.33. The van der Waals surface area contributed by atoms with Crippen molar-refractivity contribution in [3.8, 4) is 11.1 Å². The Morgan fingerprint density at radius 3 is 2.53 bits per heavy atom. The van der Waals surface area contributed by atoms with E-state index in [1.165, 1.54) is 6.20 Å². The van der Waals surface area contributed by atoms with Crippen LogP contribution in [-0.2, 0) is 16.0 Å². The van der Waals surface area contributed by atoms with Gasteiger partial charge in [-0.3, -0.25) is 4.79 Å². The van der Waals surface area contributed by atoms with Crippen LogP contribution in [0.4, 0.5) is 0 Å². The number of aliphatic hydroxyl groups is 1. The van der Waals surface area contributed by atoms with Crippen molar-refractivity contribution in [2.75, 3.05) is 6.61 Å². The number of aromatic amines is 1. The largest absolute Gasteiger partial charge is 0.464 e. The van der Waals surface area contributed by atoms with Gasteiger partial charge in [-0.1, -0.05) is 54.6 Å². The van der Waals surface area contributed by atoms with E-state index in [1.807, 2.05) is 54.6 Å². The lowest BCUT2D eigenvalue weighted by atomic mass is 9.97. The fraction of sp³-hybridized carbons (Fsp3) is 0.240. The fourth-order valence-corrected chi connectivity index (χ4v) is 3.68. The Bertz CT molecular complexity index is 1260. The second-order valence-corrected chi connectivity index (χ2v) is 7.83. The molecule has 4 rings (SSSR count). The third-order valence-electron chi connectivity index (χ3n) is 5.38. The lowest BCUT2D eigenvalue weighted by Gasteiger charge is -2.21. The standard InChI is InChI=1S/C25H25N5O4/c1-2-34-25(33)22(31)14-20(27-24(32)19-13-21-23(26-15-19)29-30-28-21)12-16-8-10-18(11-9-16)17-6-4-3-5-7-17/h3-11,13,15,20,22,31H,2,12,14H2,1H3,(H,27,32)(H,26,28,29,30)/t20-,22+/m1/s1. The van der Waals surface area contributed by atoms with Gasteiger partial charge in [0, 0.05) is 18.7 Å². The maximum atomic E-state index is 12.9. The van der Waals surface area contributed by atoms with Gasteiger partial charge >= 0.3 is 5.97 Å². The van der Waals surface area contributed by atoms with Crippen molar-refractivity contribution < 1.29 is 19.4 Å². The Kier molecular flexibility index (Phi) is 7.24. The van der Waals surface area contributed by atoms with E-state index in [-0.39, 0.29) is 18.9 Å². The highest BCUT2D eigenvalue weighted by molar-refractivity contribution is 5.96. The first-order valence-corrected chi connectivity index (χ1v) is 11.0. The number of benzene rings is 2. The summed E-state index contributed by atoms with van der Waals surface area (Å²) in [5, 5.41) is 23.5. The number of hydrogen-bond acceptors (Lipinski definition) is 7. The smallest absolute Gasteiger partial charge is 0.335 e. The van der Waals surface area contributed by atoms with Crippen LogP contribution in [-0.4, -0.2) is 56.1 Å². The van der Waals surface area contributed by atoms with Crippen molar-refractivity contribution in [3.63, 3.8) is 0 Å². The van der Waals surface area contributed by atoms with Crippen molar-refractivity contribution >= 4 is 23.0 Å². The predicted molar refractivity (Wildman–Crippen MR) is 126 cm³/mol. The Balaban J connectivity index is 1.51. The first kappa shape index (κ1) is 23.1. The van der Waals surface area contributed by atoms with Gasteiger partial charge in [-0.15, -0.1) is 5.10 Å². The summed E-state index contributed by atoms with van der Waals surface area (Å²) in [6.45, 7) is 1.84. The maximum absolute atomic E-state index is 12.9. The zero-order chi connectivity index (χ0) is 23.9. The van der Waals surface area contributed by atoms with Crippen LogP contribution in [0.1, 0.15) is 29.3 Å². The minimum absolute atomic E-state index is 0.00461. The number of nitrogens with one attached hydrogen (secondary N) is 2. The molecule has 0 aliphatic rings. The lowest BCUT2D eigenvalue weighted by molar-refractivity contribution is -0.153. The number of pyridine rings is 1. The van der Waals surface area contributed by atoms with E-state index in [0.29, 0.717) is 23.1 Å². The molecule has 0 spiro atoms. The molecule has 0 aliphatic heterocycles. The minimum Gasteiger partial charge on any atom is -0.464 e. The van der Waals surface area contributed by atoms with Crippen LogP contribution in [0.25, 0.3) is 22.3 Å². The van der Waals surface area contributed by atoms with Crippen molar-refractivity contribution in [1.82, 2.24) is 25.7 Å². The summed E-state index contributed by atoms with van der Waals surface area (Å²) in [7, 11) is 0. The van der Waals surface area contributed by atoms with E-state index in [1.54, 1.807) is 13.0 Å². The first-order chi connectivity index (χ1) is 16.5. The molecule has 2 aromatic heterocycles. The number of ether oxygens (including phenoxy) is 1. The van der Waals surface area contributed by atoms with Crippen LogP contribution >= 0.6 is 0 Å². The van der Waals surface area contributed by atoms with Gasteiger partial charge in [0.1, 0.15) is 5.52 Å². The summed E-state index contributed by atoms with van der Waals surface area (Å²) >= 11 is 0. The molecule has 0 unspecified atom stereocenters. The van der Waals surface area contributed by atoms with Crippen LogP contribution in [0, 0.1) is 0 Å². The van der Waals surface area contributed by atoms with Crippen LogP contribution in [0.2, 0.25) is 0 Å². The van der Waals surface area contributed by atoms with Gasteiger partial charge in [0.15, 0.2) is 6.10 Å². The summed E-state index contributed by atoms with van der Waals surface area (Å²) in [5.74, 6) is -1.11. The molecule has 2 aromatic carbocycles. The van der Waals surface area contributed by atoms with Gasteiger partial charge in [-0.2, -0.15) is 10.3 Å². The summed E-state index contributed by atoms with van der Waals surface area (Å²) in [6, 6.07) is 19.0. The maximum Gasteiger partial charge on any atom is 0.335 e. The SMILES string of the molecule is CCOC(=O)[C@@H](O)C[C@@H](Cc1ccc(-c2ccccc2)cc1)NC(=O)c1cnc2n[nH]nc2c1. The molecule has 0 saturated heterocycles. The van der Waals surface area contributed by atoms with Crippen LogP contribution in [0.5, 0.6) is 0 Å². The minimum atomic E-state index is -1.36. The highest BCUT2D eigenvalue weighted by Crippen LogP contribution is 2.20. The fourth-order valence-electron chi connectivity index (χ4n) is 3.68. The van der Waals surface area contributed by atoms with Gasteiger partial charge in [0.2, 0.25) is 5.65 Å². The molecule has 0 aliphatic carbocycles. The topological polar surface area (TPSA) is 130 Å². The molecule has 1 amide bonds. The quantitative estimate of drug-likeness (QED) is 0.328. The lowest BCUT2D eigenvalue weighted by Crippen LogP contribution is -2.41. The normalized spacial score (nSPS) is 12.8. The predicted octanol–water partition coefficient (Wildman–Crippen LogP) is 2.68. The molecule has 34 heavy (non-hydrogen) atoms. The molecule has 0 radical (unpaired) electrons. The average molecular weight is 460 g/mol. The van der Waals surface area contributed by atoms with Crippen molar-refractivity contribution in [2.24, 2.45) is 0 Å². The van der Waals surface area contributed by atoms with E-state index in [2.05, 4.69) is 25.7 Å². The molecule has 0 saturated carbocycles. The van der Waals surface area contributed by atoms with E-state index < -0.39 is 18.1 Å². The molecule has 9 nitrogen and oxygen atoms in total. The number of aliphatic hydroxyl groups excluding tert-OH is 1. The number of H-pyrrole nitrogens is 1. The van der Waals surface area contributed by atoms with Crippen molar-refractivity contribution in [1.29, 1.82) is 0 Å². The Morgan fingerprint density at radius 1 is 1.06 bits per heavy atom. The number of carbonyl (C=O) groups excluding carboxylic acids is 2. The van der Waals surface area contributed by atoms with E-state index in [0.717, 1.165) is 16.7 Å². The van der Waals surface area contributed by atoms with E-state index in [9.17, 15) is 14.7 Å². The Morgan fingerprint density at radius 2 is 1.79 bits per heavy atom. The molecule has 0 bridgehead atoms. The summed E-state index contributed by atoms with van der Waals surface area (Å²) in [5.41, 5.74) is 4.30. The number of amides is 1. The van der Waals surface area contributed by atoms with Gasteiger partial charge in [0.05, 0.1) is 12.2 Å². The Hall–Kier alpha value is -4.11. The highest BCUT2D eigenvalue weighted by Gasteiger charge is 2.24. The number of nitrogens with zero attached hydrogens (tertiary/aromatic N) is 3. The number of hydrogen-bond donors (Lipinski definition) is 3. The zero-order valence-electron chi connectivity index (χ0n) is 18.6. The molecule has 174 valence electrons. The molecule has 2 heterocycles. The van der Waals surface area contributed by atoms with Gasteiger partial charge < -0.3 is 15.2 Å². The van der Waals surface area contributed by atoms with Gasteiger partial charge in [-0.05, 0) is 36.1 Å². The van der Waals surface area contributed by atoms with Crippen LogP contribution < -0.4 is 5.32 Å². The molecule has 9 heteroatoms. The molecule has 4 aromatic rings. The molecule has 2 atom stereocenters. The summed E-state index contributed by atoms with van der Waals surface area (Å²) in [4.78, 5) is 29.0. The number of esters is 1. The van der Waals surface area contributed by atoms with Gasteiger partial charge in [-0.25, -0.2) is 9.78 Å². The number of carbonyl (C=O) groups is 2. The van der Waals surface area contributed by atoms with E-state index in [4.69, 9.17) is 4.74 Å². The van der Waals surface area contributed by atoms with Crippen LogP contribution in [0.15, 0.2) is 66.9 Å². The Labute approximate surface area is 196 Å². The number of fused-ring (bicyclic) bond motifs is 1. The number of rotatable bonds is 9. The molecule has 3 N–H and O–H groups in total. The first-order valence-electron chi connectivity index (χ1n) is 11.0.